The van der Waals surface area contributed by atoms with Crippen LogP contribution in [0, 0.1) is 11.8 Å². The molecular formula is C24H24N2O5S. The number of carboxylic acid groups (broad SMARTS) is 1. The molecule has 166 valence electrons. The van der Waals surface area contributed by atoms with E-state index in [4.69, 9.17) is 9.84 Å². The average Bonchev–Trinajstić information content (AvgIpc) is 3.11. The molecule has 1 aliphatic rings. The maximum Gasteiger partial charge on any atom is 0.407 e. The lowest BCUT2D eigenvalue weighted by Crippen LogP contribution is -2.40. The molecule has 2 aromatic carbocycles. The highest BCUT2D eigenvalue weighted by Gasteiger charge is 2.28. The molecule has 1 unspecified atom stereocenters. The molecule has 0 fully saturated rings. The number of carbonyl (C=O) groups excluding carboxylic acids is 2. The molecular weight excluding hydrogens is 428 g/mol. The number of carbonyl (C=O) groups is 3. The molecule has 0 heterocycles. The number of nitrogens with one attached hydrogen (secondary N) is 2. The molecule has 0 aromatic heterocycles. The van der Waals surface area contributed by atoms with Crippen molar-refractivity contribution < 1.29 is 24.2 Å². The van der Waals surface area contributed by atoms with Gasteiger partial charge in [-0.05, 0) is 46.6 Å². The second-order valence-electron chi connectivity index (χ2n) is 7.13. The van der Waals surface area contributed by atoms with Crippen LogP contribution < -0.4 is 10.6 Å². The summed E-state index contributed by atoms with van der Waals surface area (Å²) in [7, 11) is 0. The van der Waals surface area contributed by atoms with Crippen LogP contribution in [0.2, 0.25) is 0 Å². The van der Waals surface area contributed by atoms with Crippen LogP contribution in [0.1, 0.15) is 23.5 Å². The maximum atomic E-state index is 12.1. The summed E-state index contributed by atoms with van der Waals surface area (Å²) in [5, 5.41) is 14.0. The van der Waals surface area contributed by atoms with Crippen LogP contribution in [0.3, 0.4) is 0 Å². The first kappa shape index (κ1) is 23.2. The Bertz CT molecular complexity index is 1010. The fourth-order valence-corrected chi connectivity index (χ4v) is 4.05. The van der Waals surface area contributed by atoms with Gasteiger partial charge in [0.15, 0.2) is 0 Å². The zero-order valence-electron chi connectivity index (χ0n) is 17.6. The van der Waals surface area contributed by atoms with Crippen molar-refractivity contribution in [1.82, 2.24) is 10.6 Å². The third-order valence-electron chi connectivity index (χ3n) is 5.08. The number of fused-ring (bicyclic) bond motifs is 3. The third-order valence-corrected chi connectivity index (χ3v) is 5.72. The van der Waals surface area contributed by atoms with Crippen molar-refractivity contribution in [1.29, 1.82) is 0 Å². The summed E-state index contributed by atoms with van der Waals surface area (Å²) in [6.07, 6.45) is 1.53. The Hall–Kier alpha value is -3.44. The number of rotatable bonds is 8. The van der Waals surface area contributed by atoms with Crippen LogP contribution in [0.4, 0.5) is 4.79 Å². The van der Waals surface area contributed by atoms with Gasteiger partial charge in [-0.15, -0.1) is 0 Å². The molecule has 1 aliphatic carbocycles. The van der Waals surface area contributed by atoms with Crippen molar-refractivity contribution in [3.05, 3.63) is 59.7 Å². The predicted molar refractivity (Wildman–Crippen MR) is 123 cm³/mol. The number of carboxylic acids is 1. The summed E-state index contributed by atoms with van der Waals surface area (Å²) in [5.41, 5.74) is 4.53. The van der Waals surface area contributed by atoms with Gasteiger partial charge >= 0.3 is 12.1 Å². The molecule has 2 amide bonds. The molecule has 32 heavy (non-hydrogen) atoms. The van der Waals surface area contributed by atoms with Crippen LogP contribution in [0.15, 0.2) is 48.5 Å². The zero-order valence-corrected chi connectivity index (χ0v) is 18.4. The fraction of sp³-hybridized carbons (Fsp3) is 0.292. The van der Waals surface area contributed by atoms with E-state index in [0.717, 1.165) is 22.3 Å². The van der Waals surface area contributed by atoms with Crippen LogP contribution in [-0.4, -0.2) is 54.3 Å². The SMILES string of the molecule is CSCCC(NC(=O)C#CCNC(=O)OCC1c2ccccc2-c2ccccc21)C(=O)O. The quantitative estimate of drug-likeness (QED) is 0.532. The van der Waals surface area contributed by atoms with Crippen molar-refractivity contribution in [2.45, 2.75) is 18.4 Å². The van der Waals surface area contributed by atoms with Gasteiger partial charge in [0, 0.05) is 5.92 Å². The van der Waals surface area contributed by atoms with E-state index in [-0.39, 0.29) is 19.1 Å². The third kappa shape index (κ3) is 5.83. The maximum absolute atomic E-state index is 12.1. The molecule has 1 atom stereocenters. The predicted octanol–water partition coefficient (Wildman–Crippen LogP) is 2.85. The Balaban J connectivity index is 1.48. The van der Waals surface area contributed by atoms with Crippen molar-refractivity contribution >= 4 is 29.7 Å². The first-order chi connectivity index (χ1) is 15.5. The van der Waals surface area contributed by atoms with Gasteiger partial charge in [-0.3, -0.25) is 4.79 Å². The summed E-state index contributed by atoms with van der Waals surface area (Å²) < 4.78 is 5.39. The summed E-state index contributed by atoms with van der Waals surface area (Å²) in [6, 6.07) is 15.1. The van der Waals surface area contributed by atoms with Crippen molar-refractivity contribution in [3.8, 4) is 23.0 Å². The standard InChI is InChI=1S/C24H24N2O5S/c1-32-14-12-21(23(28)29)26-22(27)11-6-13-25-24(30)31-15-20-18-9-4-2-7-16(18)17-8-3-5-10-19(17)20/h2-5,7-10,20-21H,12-15H2,1H3,(H,25,30)(H,26,27)(H,28,29). The number of benzene rings is 2. The van der Waals surface area contributed by atoms with E-state index in [1.807, 2.05) is 42.7 Å². The molecule has 0 bridgehead atoms. The monoisotopic (exact) mass is 452 g/mol. The number of aliphatic carboxylic acids is 1. The Morgan fingerprint density at radius 2 is 1.72 bits per heavy atom. The molecule has 7 nitrogen and oxygen atoms in total. The topological polar surface area (TPSA) is 105 Å². The van der Waals surface area contributed by atoms with Gasteiger partial charge in [0.25, 0.3) is 5.91 Å². The summed E-state index contributed by atoms with van der Waals surface area (Å²) in [5.74, 6) is 3.54. The van der Waals surface area contributed by atoms with Gasteiger partial charge in [0.05, 0.1) is 6.54 Å². The van der Waals surface area contributed by atoms with Crippen molar-refractivity contribution in [3.63, 3.8) is 0 Å². The van der Waals surface area contributed by atoms with E-state index in [0.29, 0.717) is 12.2 Å². The van der Waals surface area contributed by atoms with Crippen LogP contribution in [0.5, 0.6) is 0 Å². The van der Waals surface area contributed by atoms with Crippen LogP contribution in [-0.2, 0) is 14.3 Å². The second kappa shape index (κ2) is 11.3. The highest BCUT2D eigenvalue weighted by atomic mass is 32.2. The van der Waals surface area contributed by atoms with Crippen molar-refractivity contribution in [2.24, 2.45) is 0 Å². The molecule has 0 spiro atoms. The van der Waals surface area contributed by atoms with E-state index in [2.05, 4.69) is 34.6 Å². The van der Waals surface area contributed by atoms with Gasteiger partial charge in [-0.1, -0.05) is 54.5 Å². The van der Waals surface area contributed by atoms with Crippen LogP contribution >= 0.6 is 11.8 Å². The normalized spacial score (nSPS) is 12.5. The fourth-order valence-electron chi connectivity index (χ4n) is 3.58. The molecule has 3 N–H and O–H groups in total. The van der Waals surface area contributed by atoms with E-state index in [1.54, 1.807) is 0 Å². The smallest absolute Gasteiger partial charge is 0.407 e. The van der Waals surface area contributed by atoms with Gasteiger partial charge in [-0.25, -0.2) is 9.59 Å². The lowest BCUT2D eigenvalue weighted by molar-refractivity contribution is -0.141. The van der Waals surface area contributed by atoms with E-state index in [1.165, 1.54) is 11.8 Å². The van der Waals surface area contributed by atoms with E-state index >= 15 is 0 Å². The minimum atomic E-state index is -1.11. The van der Waals surface area contributed by atoms with Crippen molar-refractivity contribution in [2.75, 3.05) is 25.2 Å². The number of ether oxygens (including phenoxy) is 1. The minimum absolute atomic E-state index is 0.0424. The molecule has 8 heteroatoms. The van der Waals surface area contributed by atoms with E-state index < -0.39 is 24.0 Å². The number of alkyl carbamates (subject to hydrolysis) is 1. The lowest BCUT2D eigenvalue weighted by Gasteiger charge is -2.14. The molecule has 2 aromatic rings. The van der Waals surface area contributed by atoms with Crippen LogP contribution in [0.25, 0.3) is 11.1 Å². The Morgan fingerprint density at radius 1 is 1.09 bits per heavy atom. The Kier molecular flexibility index (Phi) is 8.17. The highest BCUT2D eigenvalue weighted by Crippen LogP contribution is 2.44. The molecule has 0 aliphatic heterocycles. The molecule has 0 saturated carbocycles. The number of hydrogen-bond acceptors (Lipinski definition) is 5. The van der Waals surface area contributed by atoms with Gasteiger partial charge in [0.2, 0.25) is 0 Å². The Morgan fingerprint density at radius 3 is 2.31 bits per heavy atom. The van der Waals surface area contributed by atoms with E-state index in [9.17, 15) is 14.4 Å². The van der Waals surface area contributed by atoms with Gasteiger partial charge in [-0.2, -0.15) is 11.8 Å². The summed E-state index contributed by atoms with van der Waals surface area (Å²) in [4.78, 5) is 35.0. The highest BCUT2D eigenvalue weighted by molar-refractivity contribution is 7.98. The summed E-state index contributed by atoms with van der Waals surface area (Å²) >= 11 is 1.49. The lowest BCUT2D eigenvalue weighted by atomic mass is 9.98. The Labute approximate surface area is 190 Å². The zero-order chi connectivity index (χ0) is 22.9. The number of hydrogen-bond donors (Lipinski definition) is 3. The number of amides is 2. The average molecular weight is 453 g/mol. The molecule has 0 radical (unpaired) electrons. The molecule has 3 rings (SSSR count). The summed E-state index contributed by atoms with van der Waals surface area (Å²) in [6.45, 7) is 0.0934. The first-order valence-corrected chi connectivity index (χ1v) is 11.5. The first-order valence-electron chi connectivity index (χ1n) is 10.1. The van der Waals surface area contributed by atoms with Gasteiger partial charge in [0.1, 0.15) is 12.6 Å². The second-order valence-corrected chi connectivity index (χ2v) is 8.11. The van der Waals surface area contributed by atoms with Gasteiger partial charge < -0.3 is 20.5 Å². The largest absolute Gasteiger partial charge is 0.480 e. The minimum Gasteiger partial charge on any atom is -0.480 e. The molecule has 0 saturated heterocycles. The number of thioether (sulfide) groups is 1.